The summed E-state index contributed by atoms with van der Waals surface area (Å²) in [6.45, 7) is 2.16. The van der Waals surface area contributed by atoms with Crippen LogP contribution in [-0.4, -0.2) is 26.4 Å². The molecule has 2 rings (SSSR count). The number of alkyl halides is 3. The van der Waals surface area contributed by atoms with Gasteiger partial charge in [0.05, 0.1) is 17.2 Å². The van der Waals surface area contributed by atoms with Gasteiger partial charge in [-0.25, -0.2) is 8.42 Å². The molecule has 0 unspecified atom stereocenters. The van der Waals surface area contributed by atoms with Gasteiger partial charge in [0.25, 0.3) is 15.7 Å². The van der Waals surface area contributed by atoms with Crippen LogP contribution in [-0.2, 0) is 9.84 Å². The molecular formula is C16H14F3NO4S. The molecule has 0 fully saturated rings. The summed E-state index contributed by atoms with van der Waals surface area (Å²) in [5.74, 6) is -0.169. The Hall–Kier alpha value is -2.55. The summed E-state index contributed by atoms with van der Waals surface area (Å²) < 4.78 is 65.5. The molecule has 0 aliphatic heterocycles. The molecule has 0 saturated heterocycles. The van der Waals surface area contributed by atoms with Crippen LogP contribution in [0.25, 0.3) is 0 Å². The van der Waals surface area contributed by atoms with Crippen LogP contribution in [0.3, 0.4) is 0 Å². The van der Waals surface area contributed by atoms with Crippen LogP contribution < -0.4 is 10.1 Å². The third-order valence-electron chi connectivity index (χ3n) is 3.17. The van der Waals surface area contributed by atoms with E-state index >= 15 is 0 Å². The Balaban J connectivity index is 2.22. The lowest BCUT2D eigenvalue weighted by Crippen LogP contribution is -2.23. The Kier molecular flexibility index (Phi) is 5.36. The van der Waals surface area contributed by atoms with Crippen LogP contribution in [0.2, 0.25) is 0 Å². The summed E-state index contributed by atoms with van der Waals surface area (Å²) in [5.41, 5.74) is -5.00. The molecule has 1 amide bonds. The summed E-state index contributed by atoms with van der Waals surface area (Å²) in [6.07, 6.45) is 0. The van der Waals surface area contributed by atoms with Crippen molar-refractivity contribution in [3.8, 4) is 5.75 Å². The quantitative estimate of drug-likeness (QED) is 0.869. The van der Waals surface area contributed by atoms with E-state index in [0.29, 0.717) is 18.0 Å². The van der Waals surface area contributed by atoms with Crippen LogP contribution in [0.4, 0.5) is 18.9 Å². The SMILES string of the molecule is CCOc1ccccc1NC(=O)c1ccc(S(=O)(=O)C(F)(F)F)cc1. The van der Waals surface area contributed by atoms with Crippen molar-refractivity contribution in [2.24, 2.45) is 0 Å². The lowest BCUT2D eigenvalue weighted by Gasteiger charge is -2.12. The number of benzene rings is 2. The number of hydrogen-bond acceptors (Lipinski definition) is 4. The van der Waals surface area contributed by atoms with Crippen LogP contribution >= 0.6 is 0 Å². The first-order valence-corrected chi connectivity index (χ1v) is 8.59. The molecule has 0 aliphatic carbocycles. The van der Waals surface area contributed by atoms with Gasteiger partial charge in [-0.3, -0.25) is 4.79 Å². The number of halogens is 3. The molecular weight excluding hydrogens is 359 g/mol. The fourth-order valence-electron chi connectivity index (χ4n) is 1.96. The van der Waals surface area contributed by atoms with Gasteiger partial charge in [-0.05, 0) is 43.3 Å². The number of sulfone groups is 1. The number of nitrogens with one attached hydrogen (secondary N) is 1. The largest absolute Gasteiger partial charge is 0.501 e. The minimum atomic E-state index is -5.44. The molecule has 1 N–H and O–H groups in total. The summed E-state index contributed by atoms with van der Waals surface area (Å²) in [6, 6.07) is 10.2. The van der Waals surface area contributed by atoms with Gasteiger partial charge in [0.15, 0.2) is 0 Å². The molecule has 25 heavy (non-hydrogen) atoms. The number of carbonyl (C=O) groups is 1. The van der Waals surface area contributed by atoms with Gasteiger partial charge in [-0.15, -0.1) is 0 Å². The highest BCUT2D eigenvalue weighted by molar-refractivity contribution is 7.92. The van der Waals surface area contributed by atoms with Crippen molar-refractivity contribution in [1.29, 1.82) is 0 Å². The zero-order chi connectivity index (χ0) is 18.7. The van der Waals surface area contributed by atoms with Crippen molar-refractivity contribution in [3.63, 3.8) is 0 Å². The molecule has 9 heteroatoms. The molecule has 0 atom stereocenters. The zero-order valence-electron chi connectivity index (χ0n) is 13.0. The Labute approximate surface area is 142 Å². The molecule has 2 aromatic rings. The second-order valence-corrected chi connectivity index (χ2v) is 6.80. The Morgan fingerprint density at radius 3 is 2.24 bits per heavy atom. The van der Waals surface area contributed by atoms with Crippen LogP contribution in [0.1, 0.15) is 17.3 Å². The van der Waals surface area contributed by atoms with Crippen molar-refractivity contribution in [3.05, 3.63) is 54.1 Å². The number of carbonyl (C=O) groups excluding carboxylic acids is 1. The monoisotopic (exact) mass is 373 g/mol. The van der Waals surface area contributed by atoms with Gasteiger partial charge in [0.2, 0.25) is 0 Å². The van der Waals surface area contributed by atoms with Crippen molar-refractivity contribution in [2.45, 2.75) is 17.3 Å². The summed E-state index contributed by atoms with van der Waals surface area (Å²) in [4.78, 5) is 11.3. The van der Waals surface area contributed by atoms with E-state index in [0.717, 1.165) is 24.3 Å². The Morgan fingerprint density at radius 1 is 1.08 bits per heavy atom. The number of amides is 1. The Bertz CT molecular complexity index is 862. The average molecular weight is 373 g/mol. The van der Waals surface area contributed by atoms with E-state index in [1.165, 1.54) is 0 Å². The Morgan fingerprint density at radius 2 is 1.68 bits per heavy atom. The van der Waals surface area contributed by atoms with Crippen molar-refractivity contribution in [1.82, 2.24) is 0 Å². The van der Waals surface area contributed by atoms with E-state index in [1.54, 1.807) is 31.2 Å². The number of ether oxygens (including phenoxy) is 1. The van der Waals surface area contributed by atoms with Crippen molar-refractivity contribution in [2.75, 3.05) is 11.9 Å². The van der Waals surface area contributed by atoms with E-state index < -0.39 is 26.1 Å². The number of para-hydroxylation sites is 2. The van der Waals surface area contributed by atoms with E-state index in [1.807, 2.05) is 0 Å². The first-order valence-electron chi connectivity index (χ1n) is 7.11. The minimum Gasteiger partial charge on any atom is -0.492 e. The average Bonchev–Trinajstić information content (AvgIpc) is 2.56. The first-order chi connectivity index (χ1) is 11.7. The molecule has 0 aromatic heterocycles. The maximum atomic E-state index is 12.5. The molecule has 0 saturated carbocycles. The maximum absolute atomic E-state index is 12.5. The topological polar surface area (TPSA) is 72.5 Å². The molecule has 0 bridgehead atoms. The summed E-state index contributed by atoms with van der Waals surface area (Å²) in [5, 5.41) is 2.56. The van der Waals surface area contributed by atoms with Crippen molar-refractivity contribution < 1.29 is 31.1 Å². The van der Waals surface area contributed by atoms with Gasteiger partial charge in [-0.1, -0.05) is 12.1 Å². The highest BCUT2D eigenvalue weighted by atomic mass is 32.2. The van der Waals surface area contributed by atoms with Crippen LogP contribution in [0, 0.1) is 0 Å². The van der Waals surface area contributed by atoms with E-state index in [9.17, 15) is 26.4 Å². The standard InChI is InChI=1S/C16H14F3NO4S/c1-2-24-14-6-4-3-5-13(14)20-15(21)11-7-9-12(10-8-11)25(22,23)16(17,18)19/h3-10H,2H2,1H3,(H,20,21). The van der Waals surface area contributed by atoms with Gasteiger partial charge in [0, 0.05) is 5.56 Å². The molecule has 134 valence electrons. The van der Waals surface area contributed by atoms with E-state index in [-0.39, 0.29) is 5.56 Å². The minimum absolute atomic E-state index is 0.00688. The predicted octanol–water partition coefficient (Wildman–Crippen LogP) is 3.63. The second kappa shape index (κ2) is 7.14. The highest BCUT2D eigenvalue weighted by Gasteiger charge is 2.46. The van der Waals surface area contributed by atoms with Gasteiger partial charge >= 0.3 is 5.51 Å². The lowest BCUT2D eigenvalue weighted by atomic mass is 10.2. The van der Waals surface area contributed by atoms with Gasteiger partial charge in [-0.2, -0.15) is 13.2 Å². The third-order valence-corrected chi connectivity index (χ3v) is 4.67. The third kappa shape index (κ3) is 4.11. The first kappa shape index (κ1) is 18.8. The van der Waals surface area contributed by atoms with Crippen LogP contribution in [0.5, 0.6) is 5.75 Å². The smallest absolute Gasteiger partial charge is 0.492 e. The molecule has 0 heterocycles. The van der Waals surface area contributed by atoms with Gasteiger partial charge < -0.3 is 10.1 Å². The second-order valence-electron chi connectivity index (χ2n) is 4.86. The van der Waals surface area contributed by atoms with E-state index in [4.69, 9.17) is 4.74 Å². The number of rotatable bonds is 5. The zero-order valence-corrected chi connectivity index (χ0v) is 13.8. The van der Waals surface area contributed by atoms with Gasteiger partial charge in [0.1, 0.15) is 5.75 Å². The predicted molar refractivity (Wildman–Crippen MR) is 85.2 cm³/mol. The summed E-state index contributed by atoms with van der Waals surface area (Å²) >= 11 is 0. The maximum Gasteiger partial charge on any atom is 0.501 e. The number of hydrogen-bond donors (Lipinski definition) is 1. The molecule has 0 aliphatic rings. The lowest BCUT2D eigenvalue weighted by molar-refractivity contribution is -0.0436. The normalized spacial score (nSPS) is 11.8. The fraction of sp³-hybridized carbons (Fsp3) is 0.188. The van der Waals surface area contributed by atoms with Crippen LogP contribution in [0.15, 0.2) is 53.4 Å². The molecule has 0 radical (unpaired) electrons. The summed E-state index contributed by atoms with van der Waals surface area (Å²) in [7, 11) is -5.44. The number of anilines is 1. The molecule has 5 nitrogen and oxygen atoms in total. The molecule has 2 aromatic carbocycles. The fourth-order valence-corrected chi connectivity index (χ4v) is 2.73. The molecule has 0 spiro atoms. The highest BCUT2D eigenvalue weighted by Crippen LogP contribution is 2.30. The van der Waals surface area contributed by atoms with Crippen molar-refractivity contribution >= 4 is 21.4 Å². The van der Waals surface area contributed by atoms with E-state index in [2.05, 4.69) is 5.32 Å².